The van der Waals surface area contributed by atoms with Gasteiger partial charge in [0.25, 0.3) is 10.0 Å². The van der Waals surface area contributed by atoms with E-state index in [4.69, 9.17) is 16.3 Å². The number of carbonyl (C=O) groups excluding carboxylic acids is 2. The van der Waals surface area contributed by atoms with Crippen molar-refractivity contribution in [1.82, 2.24) is 10.2 Å². The summed E-state index contributed by atoms with van der Waals surface area (Å²) >= 11 is 5.82. The lowest BCUT2D eigenvalue weighted by atomic mass is 10.1. The minimum atomic E-state index is -4.89. The number of sulfonamides is 1. The van der Waals surface area contributed by atoms with Gasteiger partial charge in [-0.25, -0.2) is 8.42 Å². The average molecular weight is 654 g/mol. The van der Waals surface area contributed by atoms with Crippen molar-refractivity contribution in [2.45, 2.75) is 63.3 Å². The standard InChI is InChI=1S/C31H35ClF3N3O5S/c1-5-21(3)36-30(40)28(6-2)37(19-22-11-10-12-24(17-22)43-4)29(39)20-38(44(41,42)25-13-8-7-9-14-25)23-15-16-27(32)26(18-23)31(33,34)35/h7-18,21,28H,5-6,19-20H2,1-4H3,(H,36,40). The van der Waals surface area contributed by atoms with Crippen molar-refractivity contribution in [2.75, 3.05) is 18.0 Å². The summed E-state index contributed by atoms with van der Waals surface area (Å²) in [6.45, 7) is 4.41. The molecule has 13 heteroatoms. The summed E-state index contributed by atoms with van der Waals surface area (Å²) in [5.74, 6) is -0.746. The van der Waals surface area contributed by atoms with E-state index in [1.165, 1.54) is 36.3 Å². The van der Waals surface area contributed by atoms with Crippen LogP contribution in [-0.4, -0.2) is 50.9 Å². The van der Waals surface area contributed by atoms with Crippen LogP contribution in [0.25, 0.3) is 0 Å². The number of halogens is 4. The van der Waals surface area contributed by atoms with Crippen LogP contribution < -0.4 is 14.4 Å². The van der Waals surface area contributed by atoms with Gasteiger partial charge in [0.15, 0.2) is 0 Å². The summed E-state index contributed by atoms with van der Waals surface area (Å²) in [5, 5.41) is 2.24. The number of methoxy groups -OCH3 is 1. The van der Waals surface area contributed by atoms with Crippen molar-refractivity contribution in [3.8, 4) is 5.75 Å². The van der Waals surface area contributed by atoms with Gasteiger partial charge >= 0.3 is 6.18 Å². The maximum absolute atomic E-state index is 14.1. The third-order valence-corrected chi connectivity index (χ3v) is 9.15. The topological polar surface area (TPSA) is 96.0 Å². The molecule has 0 bridgehead atoms. The van der Waals surface area contributed by atoms with E-state index < -0.39 is 56.9 Å². The second-order valence-electron chi connectivity index (χ2n) is 10.1. The van der Waals surface area contributed by atoms with Gasteiger partial charge < -0.3 is 15.0 Å². The molecule has 2 amide bonds. The lowest BCUT2D eigenvalue weighted by molar-refractivity contribution is -0.140. The Morgan fingerprint density at radius 2 is 1.66 bits per heavy atom. The van der Waals surface area contributed by atoms with Gasteiger partial charge in [0, 0.05) is 12.6 Å². The van der Waals surface area contributed by atoms with Crippen molar-refractivity contribution in [3.63, 3.8) is 0 Å². The maximum Gasteiger partial charge on any atom is 0.417 e. The first-order chi connectivity index (χ1) is 20.7. The number of nitrogens with one attached hydrogen (secondary N) is 1. The highest BCUT2D eigenvalue weighted by molar-refractivity contribution is 7.92. The van der Waals surface area contributed by atoms with Crippen molar-refractivity contribution in [3.05, 3.63) is 88.9 Å². The lowest BCUT2D eigenvalue weighted by Gasteiger charge is -2.34. The molecule has 3 aromatic carbocycles. The summed E-state index contributed by atoms with van der Waals surface area (Å²) in [6, 6.07) is 15.2. The SMILES string of the molecule is CCC(C)NC(=O)C(CC)N(Cc1cccc(OC)c1)C(=O)CN(c1ccc(Cl)c(C(F)(F)F)c1)S(=O)(=O)c1ccccc1. The van der Waals surface area contributed by atoms with Crippen LogP contribution in [0.15, 0.2) is 77.7 Å². The molecule has 8 nitrogen and oxygen atoms in total. The Hall–Kier alpha value is -3.77. The first kappa shape index (κ1) is 34.7. The Bertz CT molecular complexity index is 1550. The minimum absolute atomic E-state index is 0.101. The number of ether oxygens (including phenoxy) is 1. The van der Waals surface area contributed by atoms with E-state index in [9.17, 15) is 31.2 Å². The molecule has 1 N–H and O–H groups in total. The summed E-state index contributed by atoms with van der Waals surface area (Å²) < 4.78 is 75.1. The Morgan fingerprint density at radius 1 is 0.977 bits per heavy atom. The van der Waals surface area contributed by atoms with E-state index in [1.807, 2.05) is 13.8 Å². The van der Waals surface area contributed by atoms with Crippen molar-refractivity contribution < 1.29 is 35.9 Å². The first-order valence-electron chi connectivity index (χ1n) is 13.9. The van der Waals surface area contributed by atoms with Gasteiger partial charge in [-0.15, -0.1) is 0 Å². The molecular formula is C31H35ClF3N3O5S. The molecule has 0 fully saturated rings. The molecule has 2 atom stereocenters. The van der Waals surface area contributed by atoms with Crippen molar-refractivity contribution in [1.29, 1.82) is 0 Å². The number of alkyl halides is 3. The molecule has 0 aromatic heterocycles. The van der Waals surface area contributed by atoms with E-state index in [-0.39, 0.29) is 23.9 Å². The molecule has 0 saturated carbocycles. The molecule has 0 heterocycles. The van der Waals surface area contributed by atoms with Gasteiger partial charge in [-0.2, -0.15) is 13.2 Å². The average Bonchev–Trinajstić information content (AvgIpc) is 2.99. The van der Waals surface area contributed by atoms with E-state index in [2.05, 4.69) is 5.32 Å². The normalized spacial score (nSPS) is 13.1. The summed E-state index contributed by atoms with van der Waals surface area (Å²) in [4.78, 5) is 28.5. The third-order valence-electron chi connectivity index (χ3n) is 7.03. The van der Waals surface area contributed by atoms with E-state index in [1.54, 1.807) is 37.3 Å². The molecule has 0 radical (unpaired) electrons. The Kier molecular flexibility index (Phi) is 11.7. The fraction of sp³-hybridized carbons (Fsp3) is 0.355. The quantitative estimate of drug-likeness (QED) is 0.234. The van der Waals surface area contributed by atoms with E-state index in [0.717, 1.165) is 12.1 Å². The summed E-state index contributed by atoms with van der Waals surface area (Å²) in [6.07, 6.45) is -4.07. The lowest BCUT2D eigenvalue weighted by Crippen LogP contribution is -2.53. The predicted molar refractivity (Wildman–Crippen MR) is 163 cm³/mol. The number of hydrogen-bond donors (Lipinski definition) is 1. The Labute approximate surface area is 260 Å². The van der Waals surface area contributed by atoms with Gasteiger partial charge in [-0.1, -0.05) is 55.8 Å². The van der Waals surface area contributed by atoms with Gasteiger partial charge in [0.05, 0.1) is 28.3 Å². The number of benzene rings is 3. The molecule has 3 aromatic rings. The second-order valence-corrected chi connectivity index (χ2v) is 12.4. The van der Waals surface area contributed by atoms with Gasteiger partial charge in [-0.05, 0) is 67.8 Å². The third kappa shape index (κ3) is 8.44. The fourth-order valence-electron chi connectivity index (χ4n) is 4.46. The first-order valence-corrected chi connectivity index (χ1v) is 15.7. The monoisotopic (exact) mass is 653 g/mol. The zero-order valence-corrected chi connectivity index (χ0v) is 26.3. The maximum atomic E-state index is 14.1. The van der Waals surface area contributed by atoms with Crippen LogP contribution >= 0.6 is 11.6 Å². The number of rotatable bonds is 13. The van der Waals surface area contributed by atoms with Crippen LogP contribution in [0.5, 0.6) is 5.75 Å². The zero-order valence-electron chi connectivity index (χ0n) is 24.8. The van der Waals surface area contributed by atoms with Crippen molar-refractivity contribution >= 4 is 39.1 Å². The number of hydrogen-bond acceptors (Lipinski definition) is 5. The largest absolute Gasteiger partial charge is 0.497 e. The number of amides is 2. The Morgan fingerprint density at radius 3 is 2.25 bits per heavy atom. The molecule has 238 valence electrons. The number of nitrogens with zero attached hydrogens (tertiary/aromatic N) is 2. The summed E-state index contributed by atoms with van der Waals surface area (Å²) in [7, 11) is -3.09. The molecule has 0 spiro atoms. The fourth-order valence-corrected chi connectivity index (χ4v) is 6.11. The molecule has 0 aliphatic rings. The second kappa shape index (κ2) is 14.8. The van der Waals surface area contributed by atoms with Crippen LogP contribution in [0.4, 0.5) is 18.9 Å². The highest BCUT2D eigenvalue weighted by Crippen LogP contribution is 2.38. The molecule has 2 unspecified atom stereocenters. The number of anilines is 1. The van der Waals surface area contributed by atoms with E-state index in [0.29, 0.717) is 28.1 Å². The van der Waals surface area contributed by atoms with Crippen molar-refractivity contribution in [2.24, 2.45) is 0 Å². The molecule has 44 heavy (non-hydrogen) atoms. The predicted octanol–water partition coefficient (Wildman–Crippen LogP) is 6.28. The minimum Gasteiger partial charge on any atom is -0.497 e. The molecular weight excluding hydrogens is 619 g/mol. The zero-order chi connectivity index (χ0) is 32.7. The van der Waals surface area contributed by atoms with Crippen LogP contribution in [-0.2, 0) is 32.3 Å². The smallest absolute Gasteiger partial charge is 0.417 e. The molecule has 0 aliphatic carbocycles. The van der Waals surface area contributed by atoms with Crippen LogP contribution in [0.3, 0.4) is 0 Å². The van der Waals surface area contributed by atoms with Gasteiger partial charge in [0.1, 0.15) is 18.3 Å². The molecule has 3 rings (SSSR count). The Balaban J connectivity index is 2.14. The highest BCUT2D eigenvalue weighted by Gasteiger charge is 2.37. The van der Waals surface area contributed by atoms with Gasteiger partial charge in [0.2, 0.25) is 11.8 Å². The number of carbonyl (C=O) groups is 2. The highest BCUT2D eigenvalue weighted by atomic mass is 35.5. The van der Waals surface area contributed by atoms with Crippen LogP contribution in [0.2, 0.25) is 5.02 Å². The summed E-state index contributed by atoms with van der Waals surface area (Å²) in [5.41, 5.74) is -1.09. The van der Waals surface area contributed by atoms with Gasteiger partial charge in [-0.3, -0.25) is 13.9 Å². The van der Waals surface area contributed by atoms with E-state index >= 15 is 0 Å². The van der Waals surface area contributed by atoms with Crippen LogP contribution in [0, 0.1) is 0 Å². The molecule has 0 saturated heterocycles. The van der Waals surface area contributed by atoms with Crippen LogP contribution in [0.1, 0.15) is 44.7 Å². The molecule has 0 aliphatic heterocycles.